The number of benzene rings is 2. The van der Waals surface area contributed by atoms with Crippen LogP contribution in [-0.2, 0) is 22.4 Å². The number of alkyl carbamates (subject to hydrolysis) is 1. The third-order valence-electron chi connectivity index (χ3n) is 4.06. The molecule has 150 valence electrons. The van der Waals surface area contributed by atoms with Gasteiger partial charge in [0.05, 0.1) is 0 Å². The minimum absolute atomic E-state index is 0.0615. The lowest BCUT2D eigenvalue weighted by Gasteiger charge is -2.24. The fourth-order valence-corrected chi connectivity index (χ4v) is 2.87. The number of carbonyl (C=O) groups excluding carboxylic acids is 2. The Kier molecular flexibility index (Phi) is 7.61. The first-order valence-corrected chi connectivity index (χ1v) is 9.60. The number of hydrogen-bond acceptors (Lipinski definition) is 3. The second kappa shape index (κ2) is 9.93. The smallest absolute Gasteiger partial charge is 0.408 e. The van der Waals surface area contributed by atoms with Crippen molar-refractivity contribution in [2.45, 2.75) is 58.2 Å². The van der Waals surface area contributed by atoms with Crippen LogP contribution in [0.5, 0.6) is 0 Å². The van der Waals surface area contributed by atoms with Crippen LogP contribution < -0.4 is 10.6 Å². The van der Waals surface area contributed by atoms with Crippen LogP contribution in [0.4, 0.5) is 4.79 Å². The number of ether oxygens (including phenoxy) is 1. The van der Waals surface area contributed by atoms with Crippen molar-refractivity contribution >= 4 is 12.0 Å². The molecule has 0 aromatic heterocycles. The quantitative estimate of drug-likeness (QED) is 0.764. The minimum atomic E-state index is -0.713. The van der Waals surface area contributed by atoms with Gasteiger partial charge in [-0.3, -0.25) is 4.79 Å². The van der Waals surface area contributed by atoms with Crippen molar-refractivity contribution < 1.29 is 14.3 Å². The number of nitrogens with one attached hydrogen (secondary N) is 2. The first kappa shape index (κ1) is 21.5. The summed E-state index contributed by atoms with van der Waals surface area (Å²) in [6.45, 7) is 7.33. The zero-order valence-corrected chi connectivity index (χ0v) is 17.1. The molecule has 5 heteroatoms. The number of amides is 2. The number of rotatable bonds is 7. The van der Waals surface area contributed by atoms with Crippen molar-refractivity contribution in [1.82, 2.24) is 10.6 Å². The molecule has 0 bridgehead atoms. The van der Waals surface area contributed by atoms with Crippen molar-refractivity contribution in [2.24, 2.45) is 0 Å². The molecule has 0 heterocycles. The highest BCUT2D eigenvalue weighted by molar-refractivity contribution is 5.86. The van der Waals surface area contributed by atoms with E-state index in [2.05, 4.69) is 10.6 Å². The van der Waals surface area contributed by atoms with Crippen LogP contribution >= 0.6 is 0 Å². The van der Waals surface area contributed by atoms with Gasteiger partial charge in [-0.25, -0.2) is 4.79 Å². The highest BCUT2D eigenvalue weighted by Crippen LogP contribution is 2.09. The summed E-state index contributed by atoms with van der Waals surface area (Å²) >= 11 is 0. The molecule has 1 unspecified atom stereocenters. The summed E-state index contributed by atoms with van der Waals surface area (Å²) in [4.78, 5) is 25.1. The maximum absolute atomic E-state index is 12.9. The molecule has 0 fully saturated rings. The fourth-order valence-electron chi connectivity index (χ4n) is 2.87. The molecule has 0 saturated heterocycles. The van der Waals surface area contributed by atoms with Gasteiger partial charge in [0.15, 0.2) is 0 Å². The Morgan fingerprint density at radius 1 is 0.857 bits per heavy atom. The van der Waals surface area contributed by atoms with Crippen molar-refractivity contribution in [3.8, 4) is 0 Å². The molecule has 0 aliphatic heterocycles. The summed E-state index contributed by atoms with van der Waals surface area (Å²) in [5.41, 5.74) is 1.49. The van der Waals surface area contributed by atoms with Crippen LogP contribution in [0.25, 0.3) is 0 Å². The normalized spacial score (nSPS) is 13.3. The standard InChI is InChI=1S/C23H30N2O3/c1-17(15-18-11-7-5-8-12-18)24-21(26)20(16-19-13-9-6-10-14-19)25-22(27)28-23(2,3)4/h5-14,17,20H,15-16H2,1-4H3,(H,24,26)(H,25,27)/t17?,20-/m0/s1. The Hall–Kier alpha value is -2.82. The zero-order chi connectivity index (χ0) is 20.6. The topological polar surface area (TPSA) is 67.4 Å². The lowest BCUT2D eigenvalue weighted by Crippen LogP contribution is -2.51. The van der Waals surface area contributed by atoms with E-state index in [1.807, 2.05) is 67.6 Å². The van der Waals surface area contributed by atoms with E-state index in [1.54, 1.807) is 20.8 Å². The molecule has 2 aromatic carbocycles. The van der Waals surface area contributed by atoms with E-state index in [-0.39, 0.29) is 11.9 Å². The Labute approximate surface area is 167 Å². The zero-order valence-electron chi connectivity index (χ0n) is 17.1. The van der Waals surface area contributed by atoms with Crippen LogP contribution in [0.1, 0.15) is 38.8 Å². The highest BCUT2D eigenvalue weighted by Gasteiger charge is 2.25. The van der Waals surface area contributed by atoms with Gasteiger partial charge < -0.3 is 15.4 Å². The molecule has 2 rings (SSSR count). The van der Waals surface area contributed by atoms with Crippen LogP contribution in [-0.4, -0.2) is 29.7 Å². The molecular formula is C23H30N2O3. The van der Waals surface area contributed by atoms with Gasteiger partial charge in [-0.1, -0.05) is 60.7 Å². The largest absolute Gasteiger partial charge is 0.444 e. The summed E-state index contributed by atoms with van der Waals surface area (Å²) in [6, 6.07) is 18.8. The van der Waals surface area contributed by atoms with E-state index in [4.69, 9.17) is 4.74 Å². The number of carbonyl (C=O) groups is 2. The second-order valence-corrected chi connectivity index (χ2v) is 7.99. The second-order valence-electron chi connectivity index (χ2n) is 7.99. The Morgan fingerprint density at radius 3 is 1.86 bits per heavy atom. The third kappa shape index (κ3) is 7.82. The van der Waals surface area contributed by atoms with Gasteiger partial charge >= 0.3 is 6.09 Å². The van der Waals surface area contributed by atoms with E-state index in [0.717, 1.165) is 17.5 Å². The molecule has 0 spiro atoms. The van der Waals surface area contributed by atoms with Crippen LogP contribution in [0, 0.1) is 0 Å². The van der Waals surface area contributed by atoms with Gasteiger partial charge in [0.1, 0.15) is 11.6 Å². The fraction of sp³-hybridized carbons (Fsp3) is 0.391. The van der Waals surface area contributed by atoms with Gasteiger partial charge in [0.2, 0.25) is 5.91 Å². The third-order valence-corrected chi connectivity index (χ3v) is 4.06. The number of hydrogen-bond donors (Lipinski definition) is 2. The Balaban J connectivity index is 2.03. The maximum atomic E-state index is 12.9. The summed E-state index contributed by atoms with van der Waals surface area (Å²) in [5.74, 6) is -0.224. The summed E-state index contributed by atoms with van der Waals surface area (Å²) in [7, 11) is 0. The molecule has 0 aliphatic rings. The molecule has 0 radical (unpaired) electrons. The van der Waals surface area contributed by atoms with Gasteiger partial charge in [0.25, 0.3) is 0 Å². The van der Waals surface area contributed by atoms with E-state index in [9.17, 15) is 9.59 Å². The van der Waals surface area contributed by atoms with Gasteiger partial charge in [-0.15, -0.1) is 0 Å². The van der Waals surface area contributed by atoms with E-state index < -0.39 is 17.7 Å². The minimum Gasteiger partial charge on any atom is -0.444 e. The average molecular weight is 383 g/mol. The Bertz CT molecular complexity index is 754. The lowest BCUT2D eigenvalue weighted by atomic mass is 10.0. The van der Waals surface area contributed by atoms with E-state index in [1.165, 1.54) is 0 Å². The predicted molar refractivity (Wildman–Crippen MR) is 111 cm³/mol. The highest BCUT2D eigenvalue weighted by atomic mass is 16.6. The van der Waals surface area contributed by atoms with Gasteiger partial charge in [-0.2, -0.15) is 0 Å². The van der Waals surface area contributed by atoms with Crippen LogP contribution in [0.2, 0.25) is 0 Å². The molecule has 2 amide bonds. The molecule has 5 nitrogen and oxygen atoms in total. The van der Waals surface area contributed by atoms with Crippen molar-refractivity contribution in [3.63, 3.8) is 0 Å². The van der Waals surface area contributed by atoms with Crippen LogP contribution in [0.15, 0.2) is 60.7 Å². The molecule has 2 N–H and O–H groups in total. The molecule has 2 atom stereocenters. The molecule has 0 saturated carbocycles. The SMILES string of the molecule is CC(Cc1ccccc1)NC(=O)[C@H](Cc1ccccc1)NC(=O)OC(C)(C)C. The lowest BCUT2D eigenvalue weighted by molar-refractivity contribution is -0.123. The summed E-state index contributed by atoms with van der Waals surface area (Å²) in [6.07, 6.45) is 0.514. The first-order chi connectivity index (χ1) is 13.2. The summed E-state index contributed by atoms with van der Waals surface area (Å²) in [5, 5.41) is 5.73. The van der Waals surface area contributed by atoms with Gasteiger partial charge in [-0.05, 0) is 45.2 Å². The predicted octanol–water partition coefficient (Wildman–Crippen LogP) is 3.87. The van der Waals surface area contributed by atoms with Crippen LogP contribution in [0.3, 0.4) is 0 Å². The van der Waals surface area contributed by atoms with Crippen molar-refractivity contribution in [2.75, 3.05) is 0 Å². The average Bonchev–Trinajstić information content (AvgIpc) is 2.61. The monoisotopic (exact) mass is 382 g/mol. The van der Waals surface area contributed by atoms with E-state index in [0.29, 0.717) is 6.42 Å². The molecular weight excluding hydrogens is 352 g/mol. The maximum Gasteiger partial charge on any atom is 0.408 e. The molecule has 0 aliphatic carbocycles. The molecule has 2 aromatic rings. The van der Waals surface area contributed by atoms with Crippen molar-refractivity contribution in [1.29, 1.82) is 0 Å². The Morgan fingerprint density at radius 2 is 1.36 bits per heavy atom. The molecule has 28 heavy (non-hydrogen) atoms. The first-order valence-electron chi connectivity index (χ1n) is 9.60. The van der Waals surface area contributed by atoms with E-state index >= 15 is 0 Å². The summed E-state index contributed by atoms with van der Waals surface area (Å²) < 4.78 is 5.33. The van der Waals surface area contributed by atoms with Gasteiger partial charge in [0, 0.05) is 12.5 Å². The van der Waals surface area contributed by atoms with Crippen molar-refractivity contribution in [3.05, 3.63) is 71.8 Å².